The first-order chi connectivity index (χ1) is 16.1. The zero-order chi connectivity index (χ0) is 23.5. The molecule has 0 aliphatic carbocycles. The van der Waals surface area contributed by atoms with E-state index in [0.717, 1.165) is 16.8 Å². The SMILES string of the molecule is COc1cc(C(=O)N[C@H](COCc2ccccc2)C(=O)NCCc2ccccn2)ccc1C. The molecule has 1 aromatic heterocycles. The van der Waals surface area contributed by atoms with Crippen LogP contribution < -0.4 is 15.4 Å². The molecule has 7 heteroatoms. The molecule has 0 aliphatic rings. The van der Waals surface area contributed by atoms with Crippen molar-refractivity contribution in [1.82, 2.24) is 15.6 Å². The van der Waals surface area contributed by atoms with Crippen LogP contribution in [-0.4, -0.2) is 43.1 Å². The summed E-state index contributed by atoms with van der Waals surface area (Å²) in [5.74, 6) is -0.0766. The molecule has 0 saturated carbocycles. The van der Waals surface area contributed by atoms with Gasteiger partial charge in [-0.1, -0.05) is 42.5 Å². The number of hydrogen-bond acceptors (Lipinski definition) is 5. The van der Waals surface area contributed by atoms with Crippen LogP contribution in [0.4, 0.5) is 0 Å². The third-order valence-corrected chi connectivity index (χ3v) is 5.09. The van der Waals surface area contributed by atoms with Gasteiger partial charge in [0.25, 0.3) is 5.91 Å². The van der Waals surface area contributed by atoms with Crippen LogP contribution in [-0.2, 0) is 22.6 Å². The van der Waals surface area contributed by atoms with Crippen LogP contribution in [0, 0.1) is 6.92 Å². The number of pyridine rings is 1. The van der Waals surface area contributed by atoms with Gasteiger partial charge in [-0.3, -0.25) is 14.6 Å². The number of hydrogen-bond donors (Lipinski definition) is 2. The minimum absolute atomic E-state index is 0.0407. The van der Waals surface area contributed by atoms with Crippen LogP contribution >= 0.6 is 0 Å². The largest absolute Gasteiger partial charge is 0.496 e. The Kier molecular flexibility index (Phi) is 8.97. The summed E-state index contributed by atoms with van der Waals surface area (Å²) in [5.41, 5.74) is 3.20. The molecule has 2 N–H and O–H groups in total. The maximum Gasteiger partial charge on any atom is 0.252 e. The van der Waals surface area contributed by atoms with E-state index in [0.29, 0.717) is 30.9 Å². The highest BCUT2D eigenvalue weighted by atomic mass is 16.5. The van der Waals surface area contributed by atoms with Crippen molar-refractivity contribution in [3.8, 4) is 5.75 Å². The van der Waals surface area contributed by atoms with Gasteiger partial charge in [-0.05, 0) is 42.3 Å². The molecular weight excluding hydrogens is 418 g/mol. The van der Waals surface area contributed by atoms with Gasteiger partial charge < -0.3 is 20.1 Å². The van der Waals surface area contributed by atoms with Gasteiger partial charge in [0.05, 0.1) is 20.3 Å². The number of nitrogens with zero attached hydrogens (tertiary/aromatic N) is 1. The number of aryl methyl sites for hydroxylation is 1. The topological polar surface area (TPSA) is 89.5 Å². The summed E-state index contributed by atoms with van der Waals surface area (Å²) in [6.45, 7) is 2.68. The van der Waals surface area contributed by atoms with Gasteiger partial charge in [-0.15, -0.1) is 0 Å². The van der Waals surface area contributed by atoms with Crippen LogP contribution in [0.5, 0.6) is 5.75 Å². The van der Waals surface area contributed by atoms with Crippen molar-refractivity contribution in [1.29, 1.82) is 0 Å². The molecule has 0 bridgehead atoms. The summed E-state index contributed by atoms with van der Waals surface area (Å²) >= 11 is 0. The molecule has 172 valence electrons. The minimum atomic E-state index is -0.850. The van der Waals surface area contributed by atoms with Crippen LogP contribution in [0.1, 0.15) is 27.2 Å². The maximum atomic E-state index is 12.9. The molecule has 0 spiro atoms. The highest BCUT2D eigenvalue weighted by molar-refractivity contribution is 5.98. The van der Waals surface area contributed by atoms with Crippen molar-refractivity contribution in [2.45, 2.75) is 26.0 Å². The summed E-state index contributed by atoms with van der Waals surface area (Å²) in [7, 11) is 1.55. The second-order valence-corrected chi connectivity index (χ2v) is 7.57. The van der Waals surface area contributed by atoms with E-state index in [9.17, 15) is 9.59 Å². The fourth-order valence-electron chi connectivity index (χ4n) is 3.24. The van der Waals surface area contributed by atoms with Crippen molar-refractivity contribution in [2.75, 3.05) is 20.3 Å². The maximum absolute atomic E-state index is 12.9. The Balaban J connectivity index is 1.63. The van der Waals surface area contributed by atoms with E-state index in [4.69, 9.17) is 9.47 Å². The second-order valence-electron chi connectivity index (χ2n) is 7.57. The zero-order valence-electron chi connectivity index (χ0n) is 18.9. The Bertz CT molecular complexity index is 1040. The fourth-order valence-corrected chi connectivity index (χ4v) is 3.24. The first-order valence-electron chi connectivity index (χ1n) is 10.8. The molecule has 2 aromatic carbocycles. The normalized spacial score (nSPS) is 11.5. The van der Waals surface area contributed by atoms with Crippen molar-refractivity contribution in [3.05, 3.63) is 95.3 Å². The van der Waals surface area contributed by atoms with Crippen LogP contribution in [0.25, 0.3) is 0 Å². The number of rotatable bonds is 11. The summed E-state index contributed by atoms with van der Waals surface area (Å²) in [4.78, 5) is 30.0. The summed E-state index contributed by atoms with van der Waals surface area (Å²) in [6, 6.07) is 19.6. The first kappa shape index (κ1) is 23.9. The molecule has 3 aromatic rings. The van der Waals surface area contributed by atoms with Gasteiger partial charge in [0.15, 0.2) is 0 Å². The number of aromatic nitrogens is 1. The number of amides is 2. The number of carbonyl (C=O) groups is 2. The molecule has 7 nitrogen and oxygen atoms in total. The number of nitrogens with one attached hydrogen (secondary N) is 2. The van der Waals surface area contributed by atoms with Crippen molar-refractivity contribution in [2.24, 2.45) is 0 Å². The molecule has 33 heavy (non-hydrogen) atoms. The van der Waals surface area contributed by atoms with E-state index in [-0.39, 0.29) is 18.4 Å². The average Bonchev–Trinajstić information content (AvgIpc) is 2.85. The van der Waals surface area contributed by atoms with Gasteiger partial charge in [-0.25, -0.2) is 0 Å². The molecule has 3 rings (SSSR count). The third kappa shape index (κ3) is 7.43. The van der Waals surface area contributed by atoms with E-state index in [1.165, 1.54) is 0 Å². The number of carbonyl (C=O) groups excluding carboxylic acids is 2. The molecule has 0 saturated heterocycles. The lowest BCUT2D eigenvalue weighted by molar-refractivity contribution is -0.124. The van der Waals surface area contributed by atoms with Gasteiger partial charge in [0, 0.05) is 30.4 Å². The molecule has 0 unspecified atom stereocenters. The Labute approximate surface area is 194 Å². The lowest BCUT2D eigenvalue weighted by atomic mass is 10.1. The third-order valence-electron chi connectivity index (χ3n) is 5.09. The molecule has 0 fully saturated rings. The van der Waals surface area contributed by atoms with Gasteiger partial charge >= 0.3 is 0 Å². The Morgan fingerprint density at radius 2 is 1.82 bits per heavy atom. The Morgan fingerprint density at radius 3 is 2.55 bits per heavy atom. The number of ether oxygens (including phenoxy) is 2. The highest BCUT2D eigenvalue weighted by Gasteiger charge is 2.22. The predicted octanol–water partition coefficient (Wildman–Crippen LogP) is 3.07. The molecule has 1 atom stereocenters. The van der Waals surface area contributed by atoms with Gasteiger partial charge in [0.1, 0.15) is 11.8 Å². The second kappa shape index (κ2) is 12.4. The number of methoxy groups -OCH3 is 1. The van der Waals surface area contributed by atoms with Gasteiger partial charge in [-0.2, -0.15) is 0 Å². The van der Waals surface area contributed by atoms with Crippen LogP contribution in [0.15, 0.2) is 72.9 Å². The fraction of sp³-hybridized carbons (Fsp3) is 0.269. The average molecular weight is 448 g/mol. The molecule has 1 heterocycles. The van der Waals surface area contributed by atoms with E-state index >= 15 is 0 Å². The molecular formula is C26H29N3O4. The van der Waals surface area contributed by atoms with E-state index < -0.39 is 6.04 Å². The highest BCUT2D eigenvalue weighted by Crippen LogP contribution is 2.19. The summed E-state index contributed by atoms with van der Waals surface area (Å²) < 4.78 is 11.1. The van der Waals surface area contributed by atoms with Gasteiger partial charge in [0.2, 0.25) is 5.91 Å². The van der Waals surface area contributed by atoms with Crippen LogP contribution in [0.3, 0.4) is 0 Å². The lowest BCUT2D eigenvalue weighted by Crippen LogP contribution is -2.49. The molecule has 0 radical (unpaired) electrons. The first-order valence-corrected chi connectivity index (χ1v) is 10.8. The van der Waals surface area contributed by atoms with Crippen molar-refractivity contribution < 1.29 is 19.1 Å². The zero-order valence-corrected chi connectivity index (χ0v) is 18.9. The summed E-state index contributed by atoms with van der Waals surface area (Å²) in [6.07, 6.45) is 2.31. The van der Waals surface area contributed by atoms with E-state index in [1.54, 1.807) is 25.4 Å². The van der Waals surface area contributed by atoms with E-state index in [2.05, 4.69) is 15.6 Å². The Morgan fingerprint density at radius 1 is 1.03 bits per heavy atom. The monoisotopic (exact) mass is 447 g/mol. The Hall–Kier alpha value is -3.71. The molecule has 2 amide bonds. The number of benzene rings is 2. The quantitative estimate of drug-likeness (QED) is 0.472. The van der Waals surface area contributed by atoms with Crippen molar-refractivity contribution >= 4 is 11.8 Å². The minimum Gasteiger partial charge on any atom is -0.496 e. The van der Waals surface area contributed by atoms with Crippen molar-refractivity contribution in [3.63, 3.8) is 0 Å². The predicted molar refractivity (Wildman–Crippen MR) is 126 cm³/mol. The van der Waals surface area contributed by atoms with E-state index in [1.807, 2.05) is 61.5 Å². The standard InChI is InChI=1S/C26H29N3O4/c1-19-11-12-21(16-24(19)32-2)25(30)29-23(18-33-17-20-8-4-3-5-9-20)26(31)28-15-13-22-10-6-7-14-27-22/h3-12,14,16,23H,13,15,17-18H2,1-2H3,(H,28,31)(H,29,30)/t23-/m1/s1. The van der Waals surface area contributed by atoms with Crippen LogP contribution in [0.2, 0.25) is 0 Å². The smallest absolute Gasteiger partial charge is 0.252 e. The summed E-state index contributed by atoms with van der Waals surface area (Å²) in [5, 5.41) is 5.66. The molecule has 0 aliphatic heterocycles. The lowest BCUT2D eigenvalue weighted by Gasteiger charge is -2.19.